The van der Waals surface area contributed by atoms with E-state index < -0.39 is 0 Å². The second kappa shape index (κ2) is 43.6. The fourth-order valence-electron chi connectivity index (χ4n) is 2.68. The Morgan fingerprint density at radius 2 is 0.471 bits per heavy atom. The van der Waals surface area contributed by atoms with Gasteiger partial charge in [0.15, 0.2) is 0 Å². The van der Waals surface area contributed by atoms with Crippen molar-refractivity contribution in [2.75, 3.05) is 105 Å². The molecule has 10 heteroatoms. The third kappa shape index (κ3) is 39.7. The predicted octanol–water partition coefficient (Wildman–Crippen LogP) is -1.20. The van der Waals surface area contributed by atoms with Crippen molar-refractivity contribution in [1.29, 1.82) is 0 Å². The van der Waals surface area contributed by atoms with Crippen LogP contribution >= 0.6 is 12.4 Å². The Morgan fingerprint density at radius 1 is 0.353 bits per heavy atom. The van der Waals surface area contributed by atoms with Gasteiger partial charge in [-0.3, -0.25) is 0 Å². The van der Waals surface area contributed by atoms with Crippen LogP contribution in [0, 0.1) is 0 Å². The van der Waals surface area contributed by atoms with E-state index in [9.17, 15) is 20.4 Å². The number of likely N-dealkylation sites (N-methyl/N-ethyl adjacent to an activating group) is 4. The second-order valence-corrected chi connectivity index (χ2v) is 6.92. The van der Waals surface area contributed by atoms with Gasteiger partial charge in [0.2, 0.25) is 0 Å². The smallest absolute Gasteiger partial charge is 0 e. The molecular formula is C24H57ClGeN4O4-4. The van der Waals surface area contributed by atoms with Crippen LogP contribution < -0.4 is 20.4 Å². The molecule has 0 rings (SSSR count). The Morgan fingerprint density at radius 3 is 0.500 bits per heavy atom. The first kappa shape index (κ1) is 47.7. The molecule has 0 aromatic carbocycles. The van der Waals surface area contributed by atoms with Crippen LogP contribution in [0.25, 0.3) is 0 Å². The minimum Gasteiger partial charge on any atom is -0.854 e. The maximum atomic E-state index is 10.0. The third-order valence-electron chi connectivity index (χ3n) is 5.21. The van der Waals surface area contributed by atoms with Crippen LogP contribution in [0.4, 0.5) is 0 Å². The van der Waals surface area contributed by atoms with Crippen LogP contribution in [0.5, 0.6) is 0 Å². The molecule has 0 aromatic heterocycles. The van der Waals surface area contributed by atoms with Gasteiger partial charge in [0, 0.05) is 17.6 Å². The standard InChI is InChI=1S/4C6H14NO.ClH.Ge/c4*1-3-7(4-2)5-6-8;;/h4*3-6H2,1-2H3;1H;/q4*-1;;. The van der Waals surface area contributed by atoms with Gasteiger partial charge in [-0.15, -0.1) is 38.8 Å². The summed E-state index contributed by atoms with van der Waals surface area (Å²) in [4.78, 5) is 8.47. The first-order valence-electron chi connectivity index (χ1n) is 12.6. The third-order valence-corrected chi connectivity index (χ3v) is 5.21. The summed E-state index contributed by atoms with van der Waals surface area (Å²) in [6, 6.07) is 0. The fourth-order valence-corrected chi connectivity index (χ4v) is 2.68. The van der Waals surface area contributed by atoms with E-state index in [4.69, 9.17) is 0 Å². The minimum absolute atomic E-state index is 0. The van der Waals surface area contributed by atoms with E-state index in [1.165, 1.54) is 0 Å². The quantitative estimate of drug-likeness (QED) is 0.212. The first-order chi connectivity index (χ1) is 15.4. The molecule has 0 aliphatic heterocycles. The molecule has 0 bridgehead atoms. The Hall–Kier alpha value is 0.513. The molecule has 0 atom stereocenters. The molecule has 0 saturated carbocycles. The number of hydrogen-bond donors (Lipinski definition) is 0. The van der Waals surface area contributed by atoms with Crippen LogP contribution in [0.2, 0.25) is 0 Å². The van der Waals surface area contributed by atoms with Crippen molar-refractivity contribution in [3.05, 3.63) is 0 Å². The molecular weight excluding hydrogens is 516 g/mol. The van der Waals surface area contributed by atoms with Gasteiger partial charge in [0.05, 0.1) is 0 Å². The van der Waals surface area contributed by atoms with E-state index in [0.717, 1.165) is 52.4 Å². The van der Waals surface area contributed by atoms with Gasteiger partial charge in [-0.1, -0.05) is 55.4 Å². The molecule has 8 nitrogen and oxygen atoms in total. The number of rotatable bonds is 16. The van der Waals surface area contributed by atoms with E-state index in [1.807, 2.05) is 0 Å². The van der Waals surface area contributed by atoms with Gasteiger partial charge in [0.25, 0.3) is 0 Å². The van der Waals surface area contributed by atoms with Gasteiger partial charge >= 0.3 is 0 Å². The number of halogens is 1. The second-order valence-electron chi connectivity index (χ2n) is 6.92. The van der Waals surface area contributed by atoms with Crippen molar-refractivity contribution in [2.45, 2.75) is 55.4 Å². The van der Waals surface area contributed by atoms with Gasteiger partial charge in [0.1, 0.15) is 0 Å². The average molecular weight is 574 g/mol. The number of hydrogen-bond acceptors (Lipinski definition) is 8. The summed E-state index contributed by atoms with van der Waals surface area (Å²) < 4.78 is 0. The maximum absolute atomic E-state index is 10.0. The SMILES string of the molecule is CCN(CC)CC[O-].CCN(CC)CC[O-].CCN(CC)CC[O-].CCN(CC)CC[O-].Cl.[Ge]. The molecule has 0 saturated heterocycles. The van der Waals surface area contributed by atoms with Crippen molar-refractivity contribution in [2.24, 2.45) is 0 Å². The van der Waals surface area contributed by atoms with Crippen molar-refractivity contribution >= 4 is 30.0 Å². The molecule has 0 fully saturated rings. The molecule has 0 spiro atoms. The topological polar surface area (TPSA) is 105 Å². The summed E-state index contributed by atoms with van der Waals surface area (Å²) in [7, 11) is 0. The maximum Gasteiger partial charge on any atom is 0 e. The molecule has 4 radical (unpaired) electrons. The summed E-state index contributed by atoms with van der Waals surface area (Å²) in [5.41, 5.74) is 0. The Balaban J connectivity index is -0.0000000754. The minimum atomic E-state index is 0. The summed E-state index contributed by atoms with van der Waals surface area (Å²) in [5, 5.41) is 40.1. The Bertz CT molecular complexity index is 244. The van der Waals surface area contributed by atoms with E-state index >= 15 is 0 Å². The van der Waals surface area contributed by atoms with E-state index in [0.29, 0.717) is 26.2 Å². The number of nitrogens with zero attached hydrogens (tertiary/aromatic N) is 4. The van der Waals surface area contributed by atoms with Gasteiger partial charge in [-0.25, -0.2) is 0 Å². The van der Waals surface area contributed by atoms with Gasteiger partial charge in [-0.2, -0.15) is 0 Å². The summed E-state index contributed by atoms with van der Waals surface area (Å²) >= 11 is 0. The average Bonchev–Trinajstić information content (AvgIpc) is 2.84. The van der Waals surface area contributed by atoms with E-state index in [-0.39, 0.29) is 56.4 Å². The fraction of sp³-hybridized carbons (Fsp3) is 1.00. The van der Waals surface area contributed by atoms with Crippen molar-refractivity contribution in [1.82, 2.24) is 19.6 Å². The van der Waals surface area contributed by atoms with Crippen LogP contribution in [0.15, 0.2) is 0 Å². The normalized spacial score (nSPS) is 9.88. The Labute approximate surface area is 230 Å². The summed E-state index contributed by atoms with van der Waals surface area (Å²) in [5.74, 6) is 0. The zero-order valence-corrected chi connectivity index (χ0v) is 26.6. The molecule has 0 aliphatic rings. The monoisotopic (exact) mass is 574 g/mol. The van der Waals surface area contributed by atoms with E-state index in [1.54, 1.807) is 0 Å². The van der Waals surface area contributed by atoms with Crippen LogP contribution in [-0.4, -0.2) is 142 Å². The summed E-state index contributed by atoms with van der Waals surface area (Å²) in [6.45, 7) is 27.5. The molecule has 34 heavy (non-hydrogen) atoms. The zero-order valence-electron chi connectivity index (χ0n) is 23.6. The molecule has 0 aromatic rings. The largest absolute Gasteiger partial charge is 0.854 e. The molecule has 0 heterocycles. The molecule has 0 aliphatic carbocycles. The van der Waals surface area contributed by atoms with Gasteiger partial charge in [-0.05, 0) is 78.5 Å². The van der Waals surface area contributed by atoms with Crippen molar-refractivity contribution in [3.8, 4) is 0 Å². The van der Waals surface area contributed by atoms with Crippen molar-refractivity contribution in [3.63, 3.8) is 0 Å². The molecule has 0 amide bonds. The Kier molecular flexibility index (Phi) is 61.1. The summed E-state index contributed by atoms with van der Waals surface area (Å²) in [6.07, 6.45) is 0. The van der Waals surface area contributed by atoms with Crippen LogP contribution in [0.3, 0.4) is 0 Å². The van der Waals surface area contributed by atoms with Gasteiger partial charge < -0.3 is 40.0 Å². The van der Waals surface area contributed by atoms with E-state index in [2.05, 4.69) is 75.0 Å². The van der Waals surface area contributed by atoms with Crippen LogP contribution in [-0.2, 0) is 0 Å². The first-order valence-corrected chi connectivity index (χ1v) is 12.6. The van der Waals surface area contributed by atoms with Crippen LogP contribution in [0.1, 0.15) is 55.4 Å². The van der Waals surface area contributed by atoms with Crippen molar-refractivity contribution < 1.29 is 20.4 Å². The zero-order chi connectivity index (χ0) is 25.6. The predicted molar refractivity (Wildman–Crippen MR) is 144 cm³/mol. The molecule has 0 unspecified atom stereocenters. The molecule has 0 N–H and O–H groups in total. The molecule has 212 valence electrons.